The van der Waals surface area contributed by atoms with Crippen LogP contribution in [0, 0.1) is 13.8 Å². The molecule has 1 amide bonds. The second-order valence-corrected chi connectivity index (χ2v) is 6.48. The Kier molecular flexibility index (Phi) is 5.38. The summed E-state index contributed by atoms with van der Waals surface area (Å²) in [5, 5.41) is 4.01. The van der Waals surface area contributed by atoms with Crippen LogP contribution >= 0.6 is 0 Å². The zero-order valence-corrected chi connectivity index (χ0v) is 15.1. The third-order valence-corrected chi connectivity index (χ3v) is 4.65. The molecule has 1 aliphatic rings. The summed E-state index contributed by atoms with van der Waals surface area (Å²) < 4.78 is 11.0. The Morgan fingerprint density at radius 1 is 1.20 bits per heavy atom. The van der Waals surface area contributed by atoms with E-state index in [-0.39, 0.29) is 5.91 Å². The number of hydrogen-bond donors (Lipinski definition) is 0. The smallest absolute Gasteiger partial charge is 0.263 e. The van der Waals surface area contributed by atoms with Crippen molar-refractivity contribution in [1.29, 1.82) is 0 Å². The van der Waals surface area contributed by atoms with Crippen molar-refractivity contribution in [3.63, 3.8) is 0 Å². The lowest BCUT2D eigenvalue weighted by Crippen LogP contribution is -2.51. The Balaban J connectivity index is 1.50. The van der Waals surface area contributed by atoms with Crippen LogP contribution in [-0.2, 0) is 11.3 Å². The zero-order valence-electron chi connectivity index (χ0n) is 15.1. The minimum atomic E-state index is -0.475. The van der Waals surface area contributed by atoms with Gasteiger partial charge in [0.25, 0.3) is 5.91 Å². The summed E-state index contributed by atoms with van der Waals surface area (Å²) in [6.07, 6.45) is -0.475. The number of piperazine rings is 1. The first-order chi connectivity index (χ1) is 12.0. The fourth-order valence-corrected chi connectivity index (χ4v) is 3.09. The minimum Gasteiger partial charge on any atom is -0.481 e. The van der Waals surface area contributed by atoms with Gasteiger partial charge in [-0.05, 0) is 32.9 Å². The maximum absolute atomic E-state index is 12.6. The molecule has 0 N–H and O–H groups in total. The van der Waals surface area contributed by atoms with Gasteiger partial charge in [0.2, 0.25) is 0 Å². The van der Waals surface area contributed by atoms with Crippen LogP contribution in [0.1, 0.15) is 23.9 Å². The average Bonchev–Trinajstić information content (AvgIpc) is 2.94. The third-order valence-electron chi connectivity index (χ3n) is 4.65. The van der Waals surface area contributed by atoms with E-state index in [2.05, 4.69) is 10.1 Å². The Morgan fingerprint density at radius 2 is 1.88 bits per heavy atom. The predicted octanol–water partition coefficient (Wildman–Crippen LogP) is 2.40. The SMILES string of the molecule is Cc1noc(C)c1CN1CCN(C(=O)[C@@H](C)Oc2ccccc2)CC1. The van der Waals surface area contributed by atoms with Gasteiger partial charge in [0, 0.05) is 38.3 Å². The van der Waals surface area contributed by atoms with Crippen LogP contribution in [0.4, 0.5) is 0 Å². The van der Waals surface area contributed by atoms with Gasteiger partial charge < -0.3 is 14.2 Å². The van der Waals surface area contributed by atoms with Crippen molar-refractivity contribution in [1.82, 2.24) is 15.0 Å². The highest BCUT2D eigenvalue weighted by atomic mass is 16.5. The summed E-state index contributed by atoms with van der Waals surface area (Å²) >= 11 is 0. The molecule has 0 spiro atoms. The van der Waals surface area contributed by atoms with Crippen LogP contribution in [0.15, 0.2) is 34.9 Å². The number of aryl methyl sites for hydroxylation is 2. The van der Waals surface area contributed by atoms with Gasteiger partial charge in [-0.2, -0.15) is 0 Å². The van der Waals surface area contributed by atoms with Crippen LogP contribution in [-0.4, -0.2) is 53.1 Å². The predicted molar refractivity (Wildman–Crippen MR) is 94.4 cm³/mol. The second-order valence-electron chi connectivity index (χ2n) is 6.48. The van der Waals surface area contributed by atoms with Crippen molar-refractivity contribution in [2.24, 2.45) is 0 Å². The summed E-state index contributed by atoms with van der Waals surface area (Å²) in [5.41, 5.74) is 2.10. The van der Waals surface area contributed by atoms with E-state index in [4.69, 9.17) is 9.26 Å². The van der Waals surface area contributed by atoms with Gasteiger partial charge in [0.05, 0.1) is 5.69 Å². The fraction of sp³-hybridized carbons (Fsp3) is 0.474. The number of benzene rings is 1. The van der Waals surface area contributed by atoms with Crippen LogP contribution in [0.2, 0.25) is 0 Å². The van der Waals surface area contributed by atoms with Gasteiger partial charge in [-0.15, -0.1) is 0 Å². The quantitative estimate of drug-likeness (QED) is 0.834. The number of hydrogen-bond acceptors (Lipinski definition) is 5. The first-order valence-corrected chi connectivity index (χ1v) is 8.69. The van der Waals surface area contributed by atoms with Crippen LogP contribution in [0.5, 0.6) is 5.75 Å². The van der Waals surface area contributed by atoms with Crippen molar-refractivity contribution in [2.45, 2.75) is 33.4 Å². The lowest BCUT2D eigenvalue weighted by molar-refractivity contribution is -0.139. The largest absolute Gasteiger partial charge is 0.481 e. The fourth-order valence-electron chi connectivity index (χ4n) is 3.09. The molecule has 0 saturated carbocycles. The number of para-hydroxylation sites is 1. The summed E-state index contributed by atoms with van der Waals surface area (Å²) in [6, 6.07) is 9.47. The summed E-state index contributed by atoms with van der Waals surface area (Å²) in [5.74, 6) is 1.64. The van der Waals surface area contributed by atoms with Gasteiger partial charge >= 0.3 is 0 Å². The number of nitrogens with zero attached hydrogens (tertiary/aromatic N) is 3. The normalized spacial score (nSPS) is 16.7. The molecule has 0 unspecified atom stereocenters. The molecule has 1 fully saturated rings. The summed E-state index contributed by atoms with van der Waals surface area (Å²) in [6.45, 7) is 9.65. The topological polar surface area (TPSA) is 58.8 Å². The maximum Gasteiger partial charge on any atom is 0.263 e. The van der Waals surface area contributed by atoms with Gasteiger partial charge in [0.1, 0.15) is 11.5 Å². The second kappa shape index (κ2) is 7.70. The van der Waals surface area contributed by atoms with Crippen LogP contribution < -0.4 is 4.74 Å². The molecule has 134 valence electrons. The minimum absolute atomic E-state index is 0.0424. The number of ether oxygens (including phenoxy) is 1. The Labute approximate surface area is 148 Å². The first kappa shape index (κ1) is 17.5. The highest BCUT2D eigenvalue weighted by Crippen LogP contribution is 2.17. The Morgan fingerprint density at radius 3 is 2.48 bits per heavy atom. The van der Waals surface area contributed by atoms with E-state index in [1.807, 2.05) is 56.0 Å². The van der Waals surface area contributed by atoms with Crippen molar-refractivity contribution in [3.8, 4) is 5.75 Å². The van der Waals surface area contributed by atoms with Gasteiger partial charge in [-0.1, -0.05) is 23.4 Å². The lowest BCUT2D eigenvalue weighted by atomic mass is 10.1. The molecular weight excluding hydrogens is 318 g/mol. The molecule has 1 atom stereocenters. The number of carbonyl (C=O) groups is 1. The number of aromatic nitrogens is 1. The molecule has 1 saturated heterocycles. The number of amides is 1. The highest BCUT2D eigenvalue weighted by Gasteiger charge is 2.26. The van der Waals surface area contributed by atoms with E-state index in [1.165, 1.54) is 0 Å². The third kappa shape index (κ3) is 4.20. The van der Waals surface area contributed by atoms with Crippen molar-refractivity contribution in [2.75, 3.05) is 26.2 Å². The molecule has 2 heterocycles. The average molecular weight is 343 g/mol. The van der Waals surface area contributed by atoms with Crippen LogP contribution in [0.3, 0.4) is 0 Å². The van der Waals surface area contributed by atoms with Gasteiger partial charge in [0.15, 0.2) is 6.10 Å². The molecule has 0 bridgehead atoms. The molecule has 2 aromatic rings. The Bertz CT molecular complexity index is 686. The standard InChI is InChI=1S/C19H25N3O3/c1-14-18(15(2)25-20-14)13-21-9-11-22(12-10-21)19(23)16(3)24-17-7-5-4-6-8-17/h4-8,16H,9-13H2,1-3H3/t16-/m1/s1. The number of rotatable bonds is 5. The summed E-state index contributed by atoms with van der Waals surface area (Å²) in [7, 11) is 0. The zero-order chi connectivity index (χ0) is 17.8. The molecule has 1 aliphatic heterocycles. The molecule has 0 radical (unpaired) electrons. The number of carbonyl (C=O) groups excluding carboxylic acids is 1. The first-order valence-electron chi connectivity index (χ1n) is 8.69. The molecule has 6 heteroatoms. The van der Waals surface area contributed by atoms with Gasteiger partial charge in [-0.3, -0.25) is 9.69 Å². The van der Waals surface area contributed by atoms with Crippen molar-refractivity contribution in [3.05, 3.63) is 47.3 Å². The van der Waals surface area contributed by atoms with Crippen LogP contribution in [0.25, 0.3) is 0 Å². The molecule has 0 aliphatic carbocycles. The van der Waals surface area contributed by atoms with E-state index in [0.717, 1.165) is 42.4 Å². The molecule has 3 rings (SSSR count). The Hall–Kier alpha value is -2.34. The monoisotopic (exact) mass is 343 g/mol. The molecule has 1 aromatic heterocycles. The van der Waals surface area contributed by atoms with Crippen molar-refractivity contribution >= 4 is 5.91 Å². The lowest BCUT2D eigenvalue weighted by Gasteiger charge is -2.35. The van der Waals surface area contributed by atoms with E-state index in [9.17, 15) is 4.79 Å². The van der Waals surface area contributed by atoms with E-state index in [0.29, 0.717) is 13.1 Å². The maximum atomic E-state index is 12.6. The van der Waals surface area contributed by atoms with E-state index < -0.39 is 6.10 Å². The molecular formula is C19H25N3O3. The summed E-state index contributed by atoms with van der Waals surface area (Å²) in [4.78, 5) is 16.8. The van der Waals surface area contributed by atoms with E-state index >= 15 is 0 Å². The molecule has 6 nitrogen and oxygen atoms in total. The molecule has 25 heavy (non-hydrogen) atoms. The highest BCUT2D eigenvalue weighted by molar-refractivity contribution is 5.81. The molecule has 1 aromatic carbocycles. The van der Waals surface area contributed by atoms with E-state index in [1.54, 1.807) is 0 Å². The van der Waals surface area contributed by atoms with Gasteiger partial charge in [-0.25, -0.2) is 0 Å². The van der Waals surface area contributed by atoms with Crippen molar-refractivity contribution < 1.29 is 14.1 Å².